The van der Waals surface area contributed by atoms with E-state index in [0.29, 0.717) is 0 Å². The molecule has 1 atom stereocenters. The minimum absolute atomic E-state index is 0.119. The van der Waals surface area contributed by atoms with E-state index in [-0.39, 0.29) is 6.42 Å². The molecule has 0 saturated carbocycles. The van der Waals surface area contributed by atoms with Gasteiger partial charge in [-0.05, 0) is 6.42 Å². The van der Waals surface area contributed by atoms with Gasteiger partial charge in [-0.25, -0.2) is 4.79 Å². The number of rotatable bonds is 3. The second-order valence-corrected chi connectivity index (χ2v) is 3.17. The number of carboxylic acid groups (broad SMARTS) is 1. The van der Waals surface area contributed by atoms with Gasteiger partial charge in [0.15, 0.2) is 5.69 Å². The Labute approximate surface area is 88.7 Å². The number of anilines is 1. The Morgan fingerprint density at radius 2 is 2.25 bits per heavy atom. The highest BCUT2D eigenvalue weighted by Crippen LogP contribution is 2.32. The molecule has 0 aliphatic rings. The van der Waals surface area contributed by atoms with E-state index in [1.54, 1.807) is 0 Å². The van der Waals surface area contributed by atoms with E-state index in [4.69, 9.17) is 10.8 Å². The lowest BCUT2D eigenvalue weighted by atomic mass is 10.2. The van der Waals surface area contributed by atoms with Gasteiger partial charge in [0.05, 0.1) is 5.69 Å². The Balaban J connectivity index is 3.14. The summed E-state index contributed by atoms with van der Waals surface area (Å²) in [4.78, 5) is 10.7. The first-order chi connectivity index (χ1) is 7.27. The van der Waals surface area contributed by atoms with Crippen LogP contribution in [0.25, 0.3) is 0 Å². The minimum Gasteiger partial charge on any atom is -0.480 e. The van der Waals surface area contributed by atoms with Gasteiger partial charge in [0, 0.05) is 6.20 Å². The number of nitrogen functional groups attached to an aromatic ring is 1. The highest BCUT2D eigenvalue weighted by molar-refractivity contribution is 5.71. The van der Waals surface area contributed by atoms with Crippen molar-refractivity contribution in [1.29, 1.82) is 0 Å². The number of nitrogens with two attached hydrogens (primary N) is 1. The van der Waals surface area contributed by atoms with Crippen LogP contribution in [0.2, 0.25) is 0 Å². The highest BCUT2D eigenvalue weighted by Gasteiger charge is 2.37. The van der Waals surface area contributed by atoms with Crippen LogP contribution in [-0.2, 0) is 11.0 Å². The van der Waals surface area contributed by atoms with Crippen molar-refractivity contribution in [3.05, 3.63) is 11.9 Å². The molecule has 0 unspecified atom stereocenters. The number of hydrogen-bond donors (Lipinski definition) is 2. The van der Waals surface area contributed by atoms with Crippen molar-refractivity contribution in [3.8, 4) is 0 Å². The zero-order valence-corrected chi connectivity index (χ0v) is 8.32. The first-order valence-electron chi connectivity index (χ1n) is 4.42. The number of aromatic nitrogens is 2. The molecule has 0 aliphatic carbocycles. The molecule has 1 aromatic rings. The minimum atomic E-state index is -4.67. The van der Waals surface area contributed by atoms with Gasteiger partial charge in [-0.3, -0.25) is 4.68 Å². The number of carboxylic acids is 1. The van der Waals surface area contributed by atoms with Crippen LogP contribution < -0.4 is 5.73 Å². The van der Waals surface area contributed by atoms with Crippen LogP contribution in [0.3, 0.4) is 0 Å². The Hall–Kier alpha value is -1.73. The van der Waals surface area contributed by atoms with E-state index < -0.39 is 29.6 Å². The van der Waals surface area contributed by atoms with Gasteiger partial charge in [0.2, 0.25) is 0 Å². The van der Waals surface area contributed by atoms with E-state index in [0.717, 1.165) is 10.9 Å². The summed E-state index contributed by atoms with van der Waals surface area (Å²) in [6.07, 6.45) is -3.68. The van der Waals surface area contributed by atoms with E-state index in [9.17, 15) is 18.0 Å². The molecule has 0 amide bonds. The molecular weight excluding hydrogens is 227 g/mol. The molecule has 3 N–H and O–H groups in total. The lowest BCUT2D eigenvalue weighted by Gasteiger charge is -2.09. The fraction of sp³-hybridized carbons (Fsp3) is 0.500. The van der Waals surface area contributed by atoms with Crippen molar-refractivity contribution < 1.29 is 23.1 Å². The molecule has 1 rings (SSSR count). The second kappa shape index (κ2) is 4.03. The summed E-state index contributed by atoms with van der Waals surface area (Å²) >= 11 is 0. The Morgan fingerprint density at radius 3 is 2.56 bits per heavy atom. The van der Waals surface area contributed by atoms with Crippen molar-refractivity contribution in [2.75, 3.05) is 5.73 Å². The maximum atomic E-state index is 12.3. The molecule has 90 valence electrons. The van der Waals surface area contributed by atoms with Crippen molar-refractivity contribution in [3.63, 3.8) is 0 Å². The summed E-state index contributed by atoms with van der Waals surface area (Å²) < 4.78 is 37.7. The average Bonchev–Trinajstić information content (AvgIpc) is 2.47. The molecule has 0 bridgehead atoms. The topological polar surface area (TPSA) is 81.1 Å². The smallest absolute Gasteiger partial charge is 0.437 e. The molecule has 5 nitrogen and oxygen atoms in total. The third-order valence-corrected chi connectivity index (χ3v) is 2.02. The molecule has 8 heteroatoms. The van der Waals surface area contributed by atoms with Crippen molar-refractivity contribution in [2.45, 2.75) is 25.6 Å². The van der Waals surface area contributed by atoms with Crippen LogP contribution >= 0.6 is 0 Å². The molecule has 0 aromatic carbocycles. The molecule has 0 spiro atoms. The Kier molecular flexibility index (Phi) is 3.11. The average molecular weight is 237 g/mol. The number of carbonyl (C=O) groups is 1. The fourth-order valence-electron chi connectivity index (χ4n) is 1.26. The summed E-state index contributed by atoms with van der Waals surface area (Å²) in [5.74, 6) is -1.25. The summed E-state index contributed by atoms with van der Waals surface area (Å²) in [5, 5.41) is 11.9. The predicted octanol–water partition coefficient (Wildman–Crippen LogP) is 1.52. The van der Waals surface area contributed by atoms with Gasteiger partial charge >= 0.3 is 12.1 Å². The van der Waals surface area contributed by atoms with E-state index in [1.165, 1.54) is 6.92 Å². The standard InChI is InChI=1S/C8H10F3N3O2/c1-2-5(7(15)16)14-3-4(12)6(13-14)8(9,10)11/h3,5H,2,12H2,1H3,(H,15,16)/t5-/m1/s1. The normalized spacial score (nSPS) is 13.8. The molecule has 1 heterocycles. The van der Waals surface area contributed by atoms with Crippen molar-refractivity contribution >= 4 is 11.7 Å². The van der Waals surface area contributed by atoms with Crippen molar-refractivity contribution in [2.24, 2.45) is 0 Å². The van der Waals surface area contributed by atoms with Gasteiger partial charge in [-0.1, -0.05) is 6.92 Å². The lowest BCUT2D eigenvalue weighted by Crippen LogP contribution is -2.19. The zero-order chi connectivity index (χ0) is 12.5. The van der Waals surface area contributed by atoms with Gasteiger partial charge in [0.1, 0.15) is 6.04 Å². The highest BCUT2D eigenvalue weighted by atomic mass is 19.4. The molecule has 0 fully saturated rings. The van der Waals surface area contributed by atoms with Crippen LogP contribution in [0.15, 0.2) is 6.20 Å². The molecule has 0 saturated heterocycles. The zero-order valence-electron chi connectivity index (χ0n) is 8.32. The summed E-state index contributed by atoms with van der Waals surface area (Å²) in [5.41, 5.74) is 3.29. The van der Waals surface area contributed by atoms with E-state index in [2.05, 4.69) is 5.10 Å². The van der Waals surface area contributed by atoms with Gasteiger partial charge in [-0.15, -0.1) is 0 Å². The van der Waals surface area contributed by atoms with Gasteiger partial charge in [-0.2, -0.15) is 18.3 Å². The summed E-state index contributed by atoms with van der Waals surface area (Å²) in [7, 11) is 0. The largest absolute Gasteiger partial charge is 0.480 e. The number of nitrogens with zero attached hydrogens (tertiary/aromatic N) is 2. The third kappa shape index (κ3) is 2.26. The maximum absolute atomic E-state index is 12.3. The Bertz CT molecular complexity index is 400. The third-order valence-electron chi connectivity index (χ3n) is 2.02. The maximum Gasteiger partial charge on any atom is 0.437 e. The molecule has 1 aromatic heterocycles. The SMILES string of the molecule is CC[C@H](C(=O)O)n1cc(N)c(C(F)(F)F)n1. The number of alkyl halides is 3. The predicted molar refractivity (Wildman–Crippen MR) is 48.6 cm³/mol. The molecule has 16 heavy (non-hydrogen) atoms. The summed E-state index contributed by atoms with van der Waals surface area (Å²) in [6, 6.07) is -1.14. The van der Waals surface area contributed by atoms with Crippen molar-refractivity contribution in [1.82, 2.24) is 9.78 Å². The quantitative estimate of drug-likeness (QED) is 0.835. The van der Waals surface area contributed by atoms with Gasteiger partial charge in [0.25, 0.3) is 0 Å². The van der Waals surface area contributed by atoms with Crippen LogP contribution in [-0.4, -0.2) is 20.9 Å². The number of aliphatic carboxylic acids is 1. The molecular formula is C8H10F3N3O2. The van der Waals surface area contributed by atoms with E-state index >= 15 is 0 Å². The fourth-order valence-corrected chi connectivity index (χ4v) is 1.26. The molecule has 0 aliphatic heterocycles. The first-order valence-corrected chi connectivity index (χ1v) is 4.42. The summed E-state index contributed by atoms with van der Waals surface area (Å²) in [6.45, 7) is 1.53. The van der Waals surface area contributed by atoms with Crippen LogP contribution in [0.1, 0.15) is 25.1 Å². The number of hydrogen-bond acceptors (Lipinski definition) is 3. The van der Waals surface area contributed by atoms with Crippen LogP contribution in [0, 0.1) is 0 Å². The van der Waals surface area contributed by atoms with Gasteiger partial charge < -0.3 is 10.8 Å². The number of halogens is 3. The van der Waals surface area contributed by atoms with Crippen LogP contribution in [0.4, 0.5) is 18.9 Å². The second-order valence-electron chi connectivity index (χ2n) is 3.17. The first kappa shape index (κ1) is 12.3. The monoisotopic (exact) mass is 237 g/mol. The van der Waals surface area contributed by atoms with Crippen LogP contribution in [0.5, 0.6) is 0 Å². The lowest BCUT2D eigenvalue weighted by molar-refractivity contribution is -0.144. The molecule has 0 radical (unpaired) electrons. The Morgan fingerprint density at radius 1 is 1.69 bits per heavy atom. The van der Waals surface area contributed by atoms with E-state index in [1.807, 2.05) is 0 Å².